The third-order valence-electron chi connectivity index (χ3n) is 9.84. The lowest BCUT2D eigenvalue weighted by atomic mass is 9.66. The number of anilines is 1. The number of likely N-dealkylation sites (tertiary alicyclic amines) is 1. The van der Waals surface area contributed by atoms with Crippen LogP contribution in [0.3, 0.4) is 0 Å². The van der Waals surface area contributed by atoms with Gasteiger partial charge in [0.15, 0.2) is 0 Å². The molecule has 2 aromatic rings. The monoisotopic (exact) mass is 617 g/mol. The van der Waals surface area contributed by atoms with Crippen LogP contribution in [-0.4, -0.2) is 80.4 Å². The number of amides is 3. The Morgan fingerprint density at radius 3 is 2.43 bits per heavy atom. The van der Waals surface area contributed by atoms with E-state index in [-0.39, 0.29) is 36.8 Å². The van der Waals surface area contributed by atoms with Crippen molar-refractivity contribution in [2.24, 2.45) is 17.8 Å². The van der Waals surface area contributed by atoms with E-state index in [0.29, 0.717) is 25.9 Å². The van der Waals surface area contributed by atoms with Gasteiger partial charge in [-0.3, -0.25) is 14.4 Å². The number of benzene rings is 2. The molecule has 3 aliphatic heterocycles. The number of hydrogen-bond acceptors (Lipinski definition) is 5. The highest BCUT2D eigenvalue weighted by Gasteiger charge is 2.78. The van der Waals surface area contributed by atoms with Gasteiger partial charge in [0.25, 0.3) is 5.91 Å². The normalized spacial score (nSPS) is 27.9. The highest BCUT2D eigenvalue weighted by atomic mass is 32.2. The molecule has 0 aliphatic carbocycles. The number of rotatable bonds is 13. The molecule has 3 amide bonds. The second kappa shape index (κ2) is 12.7. The van der Waals surface area contributed by atoms with Gasteiger partial charge in [0, 0.05) is 30.1 Å². The summed E-state index contributed by atoms with van der Waals surface area (Å²) in [5.74, 6) is -1.38. The van der Waals surface area contributed by atoms with Crippen molar-refractivity contribution in [3.05, 3.63) is 67.8 Å². The quantitative estimate of drug-likeness (QED) is 0.293. The predicted molar refractivity (Wildman–Crippen MR) is 179 cm³/mol. The molecule has 3 heterocycles. The van der Waals surface area contributed by atoms with E-state index in [1.54, 1.807) is 33.7 Å². The van der Waals surface area contributed by atoms with Crippen molar-refractivity contribution in [2.75, 3.05) is 31.1 Å². The van der Waals surface area contributed by atoms with E-state index in [4.69, 9.17) is 0 Å². The van der Waals surface area contributed by atoms with Crippen molar-refractivity contribution in [1.29, 1.82) is 0 Å². The number of nitrogens with zero attached hydrogens (tertiary/aromatic N) is 3. The van der Waals surface area contributed by atoms with Crippen molar-refractivity contribution in [3.63, 3.8) is 0 Å². The second-order valence-corrected chi connectivity index (χ2v) is 15.2. The van der Waals surface area contributed by atoms with E-state index < -0.39 is 33.4 Å². The van der Waals surface area contributed by atoms with Crippen LogP contribution in [0.25, 0.3) is 10.8 Å². The lowest BCUT2D eigenvalue weighted by Crippen LogP contribution is -2.58. The van der Waals surface area contributed by atoms with Gasteiger partial charge in [-0.25, -0.2) is 0 Å². The number of aliphatic hydroxyl groups excluding tert-OH is 1. The van der Waals surface area contributed by atoms with Crippen LogP contribution in [-0.2, 0) is 14.4 Å². The van der Waals surface area contributed by atoms with Gasteiger partial charge in [0.05, 0.1) is 29.2 Å². The van der Waals surface area contributed by atoms with Crippen LogP contribution in [0.15, 0.2) is 67.8 Å². The van der Waals surface area contributed by atoms with Gasteiger partial charge in [0.2, 0.25) is 11.8 Å². The molecule has 0 saturated carbocycles. The molecule has 1 N–H and O–H groups in total. The van der Waals surface area contributed by atoms with Gasteiger partial charge in [-0.1, -0.05) is 63.3 Å². The summed E-state index contributed by atoms with van der Waals surface area (Å²) in [6, 6.07) is 12.7. The van der Waals surface area contributed by atoms with Crippen LogP contribution >= 0.6 is 11.8 Å². The Balaban J connectivity index is 1.63. The molecular weight excluding hydrogens is 570 g/mol. The number of fused-ring (bicyclic) bond motifs is 2. The van der Waals surface area contributed by atoms with Gasteiger partial charge in [-0.15, -0.1) is 24.9 Å². The number of carbonyl (C=O) groups excluding carboxylic acids is 3. The fraction of sp³-hybridized carbons (Fsp3) is 0.528. The Bertz CT molecular complexity index is 1440. The fourth-order valence-corrected chi connectivity index (χ4v) is 10.4. The summed E-state index contributed by atoms with van der Waals surface area (Å²) in [5, 5.41) is 12.8. The van der Waals surface area contributed by atoms with Crippen LogP contribution < -0.4 is 4.90 Å². The SMILES string of the molecule is C=CCN(CCC)C(=O)[C@@H]1[C@H]2C(=O)N([C@@H](CO)CC(C)C)C(C(=O)N(CC=C)c3ccc4ccccc4c3)C23CC[C@@]1(C)S3. The first-order valence-corrected chi connectivity index (χ1v) is 16.8. The van der Waals surface area contributed by atoms with Crippen molar-refractivity contribution < 1.29 is 19.5 Å². The second-order valence-electron chi connectivity index (χ2n) is 13.3. The molecule has 44 heavy (non-hydrogen) atoms. The standard InChI is InChI=1S/C36H47N3O4S/c1-7-18-37(19-8-2)32(41)29-30-33(42)39(28(23-40)21-24(4)5)31(36(30)17-16-35(29,6)44-36)34(43)38(20-9-3)27-15-14-25-12-10-11-13-26(25)22-27/h7,9-15,22,24,28-31,40H,1,3,8,16-21,23H2,2,4-6H3/t28-,29+,30+,31?,35-,36?/m1/s1. The average Bonchev–Trinajstić information content (AvgIpc) is 3.58. The van der Waals surface area contributed by atoms with Crippen molar-refractivity contribution in [2.45, 2.75) is 75.0 Å². The summed E-state index contributed by atoms with van der Waals surface area (Å²) in [6.45, 7) is 17.1. The summed E-state index contributed by atoms with van der Waals surface area (Å²) >= 11 is 1.68. The minimum Gasteiger partial charge on any atom is -0.394 e. The molecule has 8 heteroatoms. The summed E-state index contributed by atoms with van der Waals surface area (Å²) in [5.41, 5.74) is 0.738. The molecule has 0 aromatic heterocycles. The maximum atomic E-state index is 15.1. The molecule has 2 aromatic carbocycles. The zero-order valence-electron chi connectivity index (χ0n) is 26.6. The number of thioether (sulfide) groups is 1. The van der Waals surface area contributed by atoms with Gasteiger partial charge >= 0.3 is 0 Å². The zero-order chi connectivity index (χ0) is 31.8. The topological polar surface area (TPSA) is 81.2 Å². The lowest BCUT2D eigenvalue weighted by Gasteiger charge is -2.40. The van der Waals surface area contributed by atoms with Gasteiger partial charge < -0.3 is 19.8 Å². The summed E-state index contributed by atoms with van der Waals surface area (Å²) in [4.78, 5) is 49.4. The third kappa shape index (κ3) is 5.28. The molecule has 6 atom stereocenters. The van der Waals surface area contributed by atoms with Gasteiger partial charge in [0.1, 0.15) is 6.04 Å². The smallest absolute Gasteiger partial charge is 0.251 e. The largest absolute Gasteiger partial charge is 0.394 e. The maximum Gasteiger partial charge on any atom is 0.251 e. The van der Waals surface area contributed by atoms with Crippen molar-refractivity contribution in [3.8, 4) is 0 Å². The molecule has 2 unspecified atom stereocenters. The van der Waals surface area contributed by atoms with Gasteiger partial charge in [-0.2, -0.15) is 0 Å². The van der Waals surface area contributed by atoms with E-state index in [0.717, 1.165) is 29.3 Å². The van der Waals surface area contributed by atoms with E-state index in [9.17, 15) is 14.7 Å². The molecule has 2 bridgehead atoms. The predicted octanol–water partition coefficient (Wildman–Crippen LogP) is 5.67. The zero-order valence-corrected chi connectivity index (χ0v) is 27.4. The summed E-state index contributed by atoms with van der Waals surface area (Å²) in [6.07, 6.45) is 6.22. The number of aliphatic hydroxyl groups is 1. The van der Waals surface area contributed by atoms with E-state index in [2.05, 4.69) is 33.9 Å². The van der Waals surface area contributed by atoms with Crippen LogP contribution in [0.2, 0.25) is 0 Å². The summed E-state index contributed by atoms with van der Waals surface area (Å²) in [7, 11) is 0. The molecule has 3 aliphatic rings. The van der Waals surface area contributed by atoms with E-state index >= 15 is 4.79 Å². The minimum atomic E-state index is -0.814. The molecule has 1 spiro atoms. The summed E-state index contributed by atoms with van der Waals surface area (Å²) < 4.78 is -1.23. The molecule has 7 nitrogen and oxygen atoms in total. The van der Waals surface area contributed by atoms with E-state index in [1.807, 2.05) is 54.3 Å². The molecular formula is C36H47N3O4S. The minimum absolute atomic E-state index is 0.0309. The molecule has 0 radical (unpaired) electrons. The fourth-order valence-electron chi connectivity index (χ4n) is 8.09. The Hall–Kier alpha value is -3.10. The maximum absolute atomic E-state index is 15.1. The van der Waals surface area contributed by atoms with E-state index in [1.165, 1.54) is 0 Å². The first-order valence-electron chi connectivity index (χ1n) is 16.0. The van der Waals surface area contributed by atoms with Crippen molar-refractivity contribution in [1.82, 2.24) is 9.80 Å². The highest BCUT2D eigenvalue weighted by Crippen LogP contribution is 2.72. The Morgan fingerprint density at radius 1 is 1.09 bits per heavy atom. The first-order chi connectivity index (χ1) is 21.1. The Morgan fingerprint density at radius 2 is 1.80 bits per heavy atom. The van der Waals surface area contributed by atoms with Crippen LogP contribution in [0.4, 0.5) is 5.69 Å². The van der Waals surface area contributed by atoms with Crippen LogP contribution in [0.1, 0.15) is 53.4 Å². The lowest BCUT2D eigenvalue weighted by molar-refractivity contribution is -0.146. The highest BCUT2D eigenvalue weighted by molar-refractivity contribution is 8.02. The molecule has 3 fully saturated rings. The third-order valence-corrected chi connectivity index (χ3v) is 11.8. The Labute approximate surface area is 266 Å². The first kappa shape index (κ1) is 32.3. The molecule has 236 valence electrons. The van der Waals surface area contributed by atoms with Gasteiger partial charge in [-0.05, 0) is 61.4 Å². The number of carbonyl (C=O) groups is 3. The average molecular weight is 618 g/mol. The number of hydrogen-bond donors (Lipinski definition) is 1. The Kier molecular flexibility index (Phi) is 9.34. The van der Waals surface area contributed by atoms with Crippen molar-refractivity contribution >= 4 is 45.9 Å². The van der Waals surface area contributed by atoms with Crippen LogP contribution in [0.5, 0.6) is 0 Å². The molecule has 5 rings (SSSR count). The van der Waals surface area contributed by atoms with Crippen LogP contribution in [0, 0.1) is 17.8 Å². The molecule has 3 saturated heterocycles.